The van der Waals surface area contributed by atoms with Crippen molar-refractivity contribution in [3.05, 3.63) is 24.3 Å². The van der Waals surface area contributed by atoms with Crippen molar-refractivity contribution in [2.24, 2.45) is 0 Å². The second-order valence-electron chi connectivity index (χ2n) is 4.76. The molecule has 19 heavy (non-hydrogen) atoms. The summed E-state index contributed by atoms with van der Waals surface area (Å²) < 4.78 is 25.4. The zero-order chi connectivity index (χ0) is 13.5. The predicted molar refractivity (Wildman–Crippen MR) is 74.3 cm³/mol. The van der Waals surface area contributed by atoms with Crippen molar-refractivity contribution in [3.8, 4) is 0 Å². The van der Waals surface area contributed by atoms with Crippen molar-refractivity contribution in [1.29, 1.82) is 0 Å². The number of aromatic nitrogens is 3. The Kier molecular flexibility index (Phi) is 3.22. The quantitative estimate of drug-likeness (QED) is 0.807. The van der Waals surface area contributed by atoms with Crippen molar-refractivity contribution in [3.63, 3.8) is 0 Å². The van der Waals surface area contributed by atoms with E-state index < -0.39 is 9.84 Å². The predicted octanol–water partition coefficient (Wildman–Crippen LogP) is 1.57. The third-order valence-corrected chi connectivity index (χ3v) is 5.40. The third kappa shape index (κ3) is 2.34. The van der Waals surface area contributed by atoms with Gasteiger partial charge in [0.1, 0.15) is 11.3 Å². The van der Waals surface area contributed by atoms with Crippen LogP contribution in [-0.2, 0) is 16.3 Å². The van der Waals surface area contributed by atoms with Crippen LogP contribution in [-0.4, -0.2) is 40.3 Å². The molecular formula is C12H14ClN3O2S. The molecule has 0 saturated carbocycles. The number of fused-ring (bicyclic) bond motifs is 1. The molecule has 2 aromatic rings. The molecule has 0 radical (unpaired) electrons. The van der Waals surface area contributed by atoms with E-state index >= 15 is 0 Å². The van der Waals surface area contributed by atoms with Gasteiger partial charge in [-0.25, -0.2) is 13.4 Å². The van der Waals surface area contributed by atoms with E-state index in [0.717, 1.165) is 16.9 Å². The minimum absolute atomic E-state index is 0.0318. The highest BCUT2D eigenvalue weighted by Crippen LogP contribution is 2.29. The molecule has 3 heterocycles. The standard InChI is InChI=1S/C12H14ClN3O2S/c13-4-1-12-15-10-7-14-5-2-11(10)16(12)9-3-6-19(17,18)8-9/h2,5,7,9H,1,3-4,6,8H2. The number of alkyl halides is 1. The lowest BCUT2D eigenvalue weighted by molar-refractivity contribution is 0.548. The number of imidazole rings is 1. The van der Waals surface area contributed by atoms with Crippen molar-refractivity contribution >= 4 is 32.5 Å². The number of sulfone groups is 1. The Morgan fingerprint density at radius 3 is 3.00 bits per heavy atom. The minimum atomic E-state index is -2.92. The molecule has 1 unspecified atom stereocenters. The van der Waals surface area contributed by atoms with Crippen LogP contribution in [0.15, 0.2) is 18.5 Å². The second-order valence-corrected chi connectivity index (χ2v) is 7.36. The Morgan fingerprint density at radius 1 is 1.47 bits per heavy atom. The maximum Gasteiger partial charge on any atom is 0.152 e. The summed E-state index contributed by atoms with van der Waals surface area (Å²) >= 11 is 5.81. The van der Waals surface area contributed by atoms with Crippen LogP contribution in [0.5, 0.6) is 0 Å². The van der Waals surface area contributed by atoms with E-state index in [4.69, 9.17) is 11.6 Å². The summed E-state index contributed by atoms with van der Waals surface area (Å²) in [4.78, 5) is 8.57. The average Bonchev–Trinajstić information content (AvgIpc) is 2.89. The Hall–Kier alpha value is -1.14. The molecule has 7 heteroatoms. The van der Waals surface area contributed by atoms with Gasteiger partial charge in [-0.1, -0.05) is 0 Å². The van der Waals surface area contributed by atoms with Gasteiger partial charge in [0.25, 0.3) is 0 Å². The number of halogens is 1. The molecule has 0 aromatic carbocycles. The fraction of sp³-hybridized carbons (Fsp3) is 0.500. The SMILES string of the molecule is O=S1(=O)CCC(n2c(CCCl)nc3cnccc32)C1. The number of hydrogen-bond donors (Lipinski definition) is 0. The molecular weight excluding hydrogens is 286 g/mol. The van der Waals surface area contributed by atoms with Gasteiger partial charge in [-0.3, -0.25) is 4.98 Å². The van der Waals surface area contributed by atoms with Crippen LogP contribution in [0.3, 0.4) is 0 Å². The zero-order valence-electron chi connectivity index (χ0n) is 10.3. The van der Waals surface area contributed by atoms with Crippen LogP contribution < -0.4 is 0 Å². The minimum Gasteiger partial charge on any atom is -0.324 e. The van der Waals surface area contributed by atoms with E-state index in [2.05, 4.69) is 9.97 Å². The molecule has 0 spiro atoms. The van der Waals surface area contributed by atoms with Gasteiger partial charge in [0.15, 0.2) is 9.84 Å². The molecule has 0 N–H and O–H groups in total. The van der Waals surface area contributed by atoms with E-state index in [-0.39, 0.29) is 17.5 Å². The van der Waals surface area contributed by atoms with Gasteiger partial charge in [-0.05, 0) is 12.5 Å². The van der Waals surface area contributed by atoms with Crippen molar-refractivity contribution < 1.29 is 8.42 Å². The summed E-state index contributed by atoms with van der Waals surface area (Å²) in [5, 5.41) is 0. The van der Waals surface area contributed by atoms with Gasteiger partial charge in [0.05, 0.1) is 29.3 Å². The van der Waals surface area contributed by atoms with Gasteiger partial charge in [-0.15, -0.1) is 11.6 Å². The fourth-order valence-electron chi connectivity index (χ4n) is 2.65. The Balaban J connectivity index is 2.12. The van der Waals surface area contributed by atoms with Crippen LogP contribution in [0.4, 0.5) is 0 Å². The van der Waals surface area contributed by atoms with Crippen LogP contribution in [0.25, 0.3) is 11.0 Å². The van der Waals surface area contributed by atoms with E-state index in [0.29, 0.717) is 18.7 Å². The van der Waals surface area contributed by atoms with Gasteiger partial charge in [0, 0.05) is 18.5 Å². The molecule has 2 aromatic heterocycles. The first-order valence-electron chi connectivity index (χ1n) is 6.18. The Morgan fingerprint density at radius 2 is 2.32 bits per heavy atom. The Labute approximate surface area is 116 Å². The van der Waals surface area contributed by atoms with Crippen LogP contribution >= 0.6 is 11.6 Å². The highest BCUT2D eigenvalue weighted by molar-refractivity contribution is 7.91. The number of hydrogen-bond acceptors (Lipinski definition) is 4. The van der Waals surface area contributed by atoms with Gasteiger partial charge >= 0.3 is 0 Å². The number of pyridine rings is 1. The summed E-state index contributed by atoms with van der Waals surface area (Å²) in [5.74, 6) is 1.76. The Bertz CT molecular complexity index is 711. The molecule has 1 atom stereocenters. The monoisotopic (exact) mass is 299 g/mol. The largest absolute Gasteiger partial charge is 0.324 e. The first-order chi connectivity index (χ1) is 9.11. The molecule has 0 bridgehead atoms. The maximum atomic E-state index is 11.7. The third-order valence-electron chi connectivity index (χ3n) is 3.46. The summed E-state index contributed by atoms with van der Waals surface area (Å²) in [5.41, 5.74) is 1.74. The van der Waals surface area contributed by atoms with E-state index in [9.17, 15) is 8.42 Å². The molecule has 102 valence electrons. The number of nitrogens with zero attached hydrogens (tertiary/aromatic N) is 3. The number of aryl methyl sites for hydroxylation is 1. The van der Waals surface area contributed by atoms with E-state index in [1.54, 1.807) is 12.4 Å². The average molecular weight is 300 g/mol. The highest BCUT2D eigenvalue weighted by atomic mass is 35.5. The van der Waals surface area contributed by atoms with E-state index in [1.807, 2.05) is 10.6 Å². The van der Waals surface area contributed by atoms with Gasteiger partial charge in [0.2, 0.25) is 0 Å². The summed E-state index contributed by atoms with van der Waals surface area (Å²) in [6.07, 6.45) is 4.68. The van der Waals surface area contributed by atoms with Crippen molar-refractivity contribution in [2.75, 3.05) is 17.4 Å². The van der Waals surface area contributed by atoms with Crippen LogP contribution in [0.2, 0.25) is 0 Å². The van der Waals surface area contributed by atoms with Crippen molar-refractivity contribution in [1.82, 2.24) is 14.5 Å². The lowest BCUT2D eigenvalue weighted by Crippen LogP contribution is -2.14. The molecule has 0 aliphatic carbocycles. The molecule has 1 aliphatic rings. The summed E-state index contributed by atoms with van der Waals surface area (Å²) in [6.45, 7) is 0. The van der Waals surface area contributed by atoms with Crippen molar-refractivity contribution in [2.45, 2.75) is 18.9 Å². The topological polar surface area (TPSA) is 64.8 Å². The van der Waals surface area contributed by atoms with Gasteiger partial charge < -0.3 is 4.57 Å². The zero-order valence-corrected chi connectivity index (χ0v) is 11.9. The molecule has 1 aliphatic heterocycles. The normalized spacial score (nSPS) is 22.1. The summed E-state index contributed by atoms with van der Waals surface area (Å²) in [6, 6.07) is 1.85. The first kappa shape index (κ1) is 12.9. The van der Waals surface area contributed by atoms with Crippen LogP contribution in [0, 0.1) is 0 Å². The molecule has 3 rings (SSSR count). The summed E-state index contributed by atoms with van der Waals surface area (Å²) in [7, 11) is -2.92. The lowest BCUT2D eigenvalue weighted by atomic mass is 10.2. The number of rotatable bonds is 3. The fourth-order valence-corrected chi connectivity index (χ4v) is 4.52. The molecule has 1 fully saturated rings. The lowest BCUT2D eigenvalue weighted by Gasteiger charge is -2.14. The van der Waals surface area contributed by atoms with Gasteiger partial charge in [-0.2, -0.15) is 0 Å². The van der Waals surface area contributed by atoms with Crippen LogP contribution in [0.1, 0.15) is 18.3 Å². The first-order valence-corrected chi connectivity index (χ1v) is 8.53. The second kappa shape index (κ2) is 4.76. The highest BCUT2D eigenvalue weighted by Gasteiger charge is 2.31. The molecule has 5 nitrogen and oxygen atoms in total. The molecule has 0 amide bonds. The smallest absolute Gasteiger partial charge is 0.152 e. The molecule has 1 saturated heterocycles. The van der Waals surface area contributed by atoms with E-state index in [1.165, 1.54) is 0 Å². The maximum absolute atomic E-state index is 11.7.